The maximum Gasteiger partial charge on any atom is 0.501 e. The van der Waals surface area contributed by atoms with Crippen molar-refractivity contribution in [2.75, 3.05) is 99.1 Å². The zero-order valence-corrected chi connectivity index (χ0v) is 70.9. The maximum absolute atomic E-state index is 14.5. The number of carbonyl (C=O) groups excluding carboxylic acids is 5. The number of aliphatic imine (C=N–C) groups is 2. The number of hydrogen-bond acceptors (Lipinski definition) is 31. The van der Waals surface area contributed by atoms with Gasteiger partial charge >= 0.3 is 10.4 Å². The number of fused-ring (bicyclic) bond motifs is 6. The number of Topliss-reactive ketones (excluding diaryl/α,β-unsaturated/α-hetero) is 1. The molecular formula is C87H95N11O26S2. The van der Waals surface area contributed by atoms with Crippen molar-refractivity contribution in [1.82, 2.24) is 45.0 Å². The third-order valence-corrected chi connectivity index (χ3v) is 23.8. The van der Waals surface area contributed by atoms with Crippen molar-refractivity contribution in [3.63, 3.8) is 0 Å². The fourth-order valence-corrected chi connectivity index (χ4v) is 16.5. The molecule has 0 aliphatic carbocycles. The predicted octanol–water partition coefficient (Wildman–Crippen LogP) is 5.43. The van der Waals surface area contributed by atoms with Crippen LogP contribution in [0, 0.1) is 6.92 Å². The average Bonchev–Trinajstić information content (AvgIpc) is 1.58. The van der Waals surface area contributed by atoms with Crippen LogP contribution >= 0.6 is 0 Å². The number of nitrogens with zero attached hydrogens (tertiary/aromatic N) is 9. The number of sulfone groups is 1. The van der Waals surface area contributed by atoms with Crippen molar-refractivity contribution in [3.8, 4) is 40.2 Å². The fourth-order valence-electron chi connectivity index (χ4n) is 14.6. The van der Waals surface area contributed by atoms with Crippen LogP contribution in [-0.4, -0.2) is 255 Å². The Balaban J connectivity index is 0.556. The number of ketones is 1. The molecule has 7 heterocycles. The first-order chi connectivity index (χ1) is 60.9. The number of hydrogen-bond donors (Lipinski definition) is 6. The molecule has 666 valence electrons. The highest BCUT2D eigenvalue weighted by atomic mass is 32.3. The minimum atomic E-state index is -5.34. The SMILES string of the molecule is COc1cc2c(cc1OCc1cc(COc3cc4c(cc3OC)C(=O)N3Cc5ccccc5C[C@H]3C=N4)cc(OS(=O)(=O)Oc3cc(C(=O)NCCOCCOCCOCCn4cc(COCCOCCNC(=O)c5cccc(C(=O)CCS(=O)(=O)c6ccc(C)cc6)c5)nn4)ccc3OC3O[C@H](CO)[C@H](O)[C@H](O)[C@H]3O)c1)N=CC1Cc3c(ncn3C)CN1C2=O. The Labute approximate surface area is 724 Å². The molecule has 7 atom stereocenters. The number of rotatable bonds is 42. The van der Waals surface area contributed by atoms with E-state index < -0.39 is 86.6 Å². The predicted molar refractivity (Wildman–Crippen MR) is 449 cm³/mol. The summed E-state index contributed by atoms with van der Waals surface area (Å²) in [6, 6.07) is 33.7. The van der Waals surface area contributed by atoms with Crippen LogP contribution in [0.2, 0.25) is 0 Å². The number of amides is 4. The molecule has 9 aromatic rings. The van der Waals surface area contributed by atoms with Gasteiger partial charge in [0.05, 0.1) is 163 Å². The molecule has 0 saturated carbocycles. The van der Waals surface area contributed by atoms with Crippen molar-refractivity contribution in [1.29, 1.82) is 0 Å². The number of imidazole rings is 1. The lowest BCUT2D eigenvalue weighted by atomic mass is 9.94. The molecule has 6 N–H and O–H groups in total. The fraction of sp³-hybridized carbons (Fsp3) is 0.379. The van der Waals surface area contributed by atoms with E-state index in [9.17, 15) is 61.2 Å². The Morgan fingerprint density at radius 3 is 1.82 bits per heavy atom. The van der Waals surface area contributed by atoms with Gasteiger partial charge in [0.2, 0.25) is 6.29 Å². The highest BCUT2D eigenvalue weighted by Gasteiger charge is 2.46. The maximum atomic E-state index is 14.5. The molecule has 0 bridgehead atoms. The number of aliphatic hydroxyl groups excluding tert-OH is 4. The zero-order chi connectivity index (χ0) is 88.6. The van der Waals surface area contributed by atoms with Crippen molar-refractivity contribution in [2.24, 2.45) is 17.0 Å². The lowest BCUT2D eigenvalue weighted by molar-refractivity contribution is -0.277. The van der Waals surface area contributed by atoms with Crippen LogP contribution in [0.15, 0.2) is 161 Å². The number of methoxy groups -OCH3 is 2. The Kier molecular flexibility index (Phi) is 29.6. The molecule has 37 nitrogen and oxygen atoms in total. The quantitative estimate of drug-likeness (QED) is 0.0205. The zero-order valence-electron chi connectivity index (χ0n) is 69.2. The molecule has 1 fully saturated rings. The molecule has 2 aromatic heterocycles. The van der Waals surface area contributed by atoms with Gasteiger partial charge in [-0.2, -0.15) is 0 Å². The van der Waals surface area contributed by atoms with E-state index in [1.54, 1.807) is 94.0 Å². The molecule has 1 saturated heterocycles. The molecule has 0 radical (unpaired) electrons. The molecule has 2 unspecified atom stereocenters. The van der Waals surface area contributed by atoms with E-state index in [-0.39, 0.29) is 190 Å². The van der Waals surface area contributed by atoms with Gasteiger partial charge in [0, 0.05) is 86.5 Å². The summed E-state index contributed by atoms with van der Waals surface area (Å²) in [5.41, 5.74) is 7.45. The van der Waals surface area contributed by atoms with Crippen LogP contribution in [0.5, 0.6) is 40.2 Å². The second-order valence-corrected chi connectivity index (χ2v) is 33.3. The molecular weight excluding hydrogens is 1680 g/mol. The summed E-state index contributed by atoms with van der Waals surface area (Å²) in [5.74, 6) is -3.29. The van der Waals surface area contributed by atoms with Gasteiger partial charge in [-0.25, -0.2) is 18.1 Å². The number of ether oxygens (including phenoxy) is 11. The van der Waals surface area contributed by atoms with E-state index in [2.05, 4.69) is 25.9 Å². The summed E-state index contributed by atoms with van der Waals surface area (Å²) in [6.45, 7) is 3.60. The van der Waals surface area contributed by atoms with Crippen molar-refractivity contribution in [2.45, 2.75) is 113 Å². The van der Waals surface area contributed by atoms with Crippen molar-refractivity contribution >= 4 is 73.5 Å². The average molecular weight is 1770 g/mol. The number of benzene rings is 7. The van der Waals surface area contributed by atoms with Crippen LogP contribution in [0.1, 0.15) is 103 Å². The first kappa shape index (κ1) is 90.1. The normalized spacial score (nSPS) is 18.2. The number of nitrogens with one attached hydrogen (secondary N) is 2. The van der Waals surface area contributed by atoms with Crippen LogP contribution in [0.4, 0.5) is 11.4 Å². The van der Waals surface area contributed by atoms with E-state index >= 15 is 0 Å². The Hall–Kier alpha value is -12.1. The molecule has 14 rings (SSSR count). The van der Waals surface area contributed by atoms with E-state index in [4.69, 9.17) is 70.5 Å². The second-order valence-electron chi connectivity index (χ2n) is 30.0. The number of carbonyl (C=O) groups is 5. The summed E-state index contributed by atoms with van der Waals surface area (Å²) in [7, 11) is -4.28. The summed E-state index contributed by atoms with van der Waals surface area (Å²) in [6.07, 6.45) is -1.26. The Morgan fingerprint density at radius 1 is 0.579 bits per heavy atom. The number of aromatic nitrogens is 5. The monoisotopic (exact) mass is 1770 g/mol. The Morgan fingerprint density at radius 2 is 1.17 bits per heavy atom. The van der Waals surface area contributed by atoms with Crippen LogP contribution in [0.25, 0.3) is 0 Å². The molecule has 4 amide bonds. The molecule has 5 aliphatic rings. The third kappa shape index (κ3) is 22.4. The van der Waals surface area contributed by atoms with Crippen LogP contribution < -0.4 is 42.7 Å². The molecule has 7 aromatic carbocycles. The third-order valence-electron chi connectivity index (χ3n) is 21.3. The van der Waals surface area contributed by atoms with Gasteiger partial charge in [-0.15, -0.1) is 13.5 Å². The van der Waals surface area contributed by atoms with E-state index in [0.717, 1.165) is 40.2 Å². The largest absolute Gasteiger partial charge is 0.501 e. The second kappa shape index (κ2) is 41.3. The number of aliphatic hydroxyl groups is 4. The first-order valence-corrected chi connectivity index (χ1v) is 43.5. The van der Waals surface area contributed by atoms with Crippen molar-refractivity contribution in [3.05, 3.63) is 219 Å². The summed E-state index contributed by atoms with van der Waals surface area (Å²) in [4.78, 5) is 85.8. The van der Waals surface area contributed by atoms with E-state index in [1.807, 2.05) is 42.8 Å². The van der Waals surface area contributed by atoms with Gasteiger partial charge in [-0.1, -0.05) is 59.3 Å². The number of aryl methyl sites for hydroxylation is 2. The lowest BCUT2D eigenvalue weighted by Crippen LogP contribution is -2.60. The topological polar surface area (TPSA) is 458 Å². The van der Waals surface area contributed by atoms with Crippen molar-refractivity contribution < 1.29 is 122 Å². The minimum absolute atomic E-state index is 0.0175. The molecule has 126 heavy (non-hydrogen) atoms. The van der Waals surface area contributed by atoms with Gasteiger partial charge in [0.15, 0.2) is 50.1 Å². The molecule has 5 aliphatic heterocycles. The Bertz CT molecular complexity index is 5730. The van der Waals surface area contributed by atoms with Gasteiger partial charge in [0.1, 0.15) is 49.1 Å². The lowest BCUT2D eigenvalue weighted by Gasteiger charge is -2.39. The minimum Gasteiger partial charge on any atom is -0.493 e. The van der Waals surface area contributed by atoms with Crippen LogP contribution in [0.3, 0.4) is 0 Å². The smallest absolute Gasteiger partial charge is 0.493 e. The van der Waals surface area contributed by atoms with Gasteiger partial charge in [-0.05, 0) is 108 Å². The highest BCUT2D eigenvalue weighted by Crippen LogP contribution is 2.42. The molecule has 0 spiro atoms. The first-order valence-electron chi connectivity index (χ1n) is 40.5. The standard InChI is InChI=1S/C87H95N11O26S2/c1-53-12-15-65(16-13-53)125(108,109)31-18-72(100)57-10-7-11-58(35-57)83(104)88-19-23-115-29-30-118-51-61-46-96(94-93-61)21-24-116-26-28-117-27-25-114-22-20-89-84(105)59-14-17-73(121-87-82(103)81(102)80(101)79(48-99)122-87)78(37-59)124-126(110,111)123-64-33-54(49-119-76-41-68-66(39-74(76)112-3)85(106)97-45-60-9-6-5-8-56(60)36-62(97)43-90-68)32-55(34-64)50-120-77-42-69-67(40-75(77)113-4)86(107)98-47-70-71(95(2)52-92-70)38-63(98)44-91-69/h5-17,32-35,37,39-44,46,52,62-63,79-82,87,99,101-103H,18-31,36,38,45,47-51H2,1-4H3,(H,88,104)(H,89,105)/t62-,63?,79+,80-,81-,82+,87?/m0/s1. The summed E-state index contributed by atoms with van der Waals surface area (Å²) >= 11 is 0. The molecule has 39 heteroatoms. The van der Waals surface area contributed by atoms with E-state index in [1.165, 1.54) is 56.7 Å². The van der Waals surface area contributed by atoms with E-state index in [0.29, 0.717) is 60.7 Å². The van der Waals surface area contributed by atoms with Gasteiger partial charge in [-0.3, -0.25) is 34.0 Å². The van der Waals surface area contributed by atoms with Crippen LogP contribution in [-0.2, 0) is 108 Å². The van der Waals surface area contributed by atoms with Gasteiger partial charge < -0.3 is 106 Å². The summed E-state index contributed by atoms with van der Waals surface area (Å²) < 4.78 is 134. The van der Waals surface area contributed by atoms with Gasteiger partial charge in [0.25, 0.3) is 23.6 Å². The highest BCUT2D eigenvalue weighted by molar-refractivity contribution is 7.91. The summed E-state index contributed by atoms with van der Waals surface area (Å²) in [5, 5.41) is 56.0.